The fourth-order valence-corrected chi connectivity index (χ4v) is 5.16. The minimum atomic E-state index is -0.451. The molecule has 0 aliphatic carbocycles. The summed E-state index contributed by atoms with van der Waals surface area (Å²) in [4.78, 5) is 15.8. The van der Waals surface area contributed by atoms with Crippen LogP contribution in [0, 0.1) is 26.6 Å². The molecule has 1 N–H and O–H groups in total. The summed E-state index contributed by atoms with van der Waals surface area (Å²) in [6.45, 7) is 6.37. The van der Waals surface area contributed by atoms with Crippen molar-refractivity contribution in [3.05, 3.63) is 131 Å². The number of nitrogens with zero attached hydrogens (tertiary/aromatic N) is 4. The van der Waals surface area contributed by atoms with Gasteiger partial charge in [0.15, 0.2) is 0 Å². The molecule has 0 spiro atoms. The van der Waals surface area contributed by atoms with E-state index in [-0.39, 0.29) is 11.8 Å². The highest BCUT2D eigenvalue weighted by Gasteiger charge is 2.36. The van der Waals surface area contributed by atoms with Gasteiger partial charge in [0, 0.05) is 17.4 Å². The molecule has 1 atom stereocenters. The van der Waals surface area contributed by atoms with Gasteiger partial charge in [-0.05, 0) is 86.0 Å². The van der Waals surface area contributed by atoms with Crippen LogP contribution >= 0.6 is 0 Å². The third-order valence-corrected chi connectivity index (χ3v) is 7.29. The van der Waals surface area contributed by atoms with Gasteiger partial charge in [0.2, 0.25) is 0 Å². The molecule has 3 heterocycles. The van der Waals surface area contributed by atoms with E-state index >= 15 is 0 Å². The van der Waals surface area contributed by atoms with E-state index in [1.165, 1.54) is 12.1 Å². The van der Waals surface area contributed by atoms with Gasteiger partial charge in [0.25, 0.3) is 0 Å². The Morgan fingerprint density at radius 2 is 1.68 bits per heavy atom. The number of nitrogens with one attached hydrogen (secondary N) is 1. The summed E-state index contributed by atoms with van der Waals surface area (Å²) >= 11 is 0. The molecule has 0 radical (unpaired) electrons. The van der Waals surface area contributed by atoms with Gasteiger partial charge < -0.3 is 14.8 Å². The number of amides is 2. The maximum atomic E-state index is 14.0. The molecule has 2 aromatic heterocycles. The molecular formula is C31H28FN5O. The Bertz CT molecular complexity index is 1640. The predicted octanol–water partition coefficient (Wildman–Crippen LogP) is 6.86. The highest BCUT2D eigenvalue weighted by Crippen LogP contribution is 2.38. The number of aryl methyl sites for hydroxylation is 3. The SMILES string of the molecule is Cc1ccc(NC(=O)N2Cc3c(C)nn(-c4ccccc4)c3-n3cccc3[C@@H]2c2ccc(F)cc2)cc1C. The smallest absolute Gasteiger partial charge is 0.308 e. The highest BCUT2D eigenvalue weighted by molar-refractivity contribution is 5.90. The van der Waals surface area contributed by atoms with Gasteiger partial charge in [-0.3, -0.25) is 0 Å². The summed E-state index contributed by atoms with van der Waals surface area (Å²) in [6, 6.07) is 25.5. The Morgan fingerprint density at radius 1 is 0.921 bits per heavy atom. The van der Waals surface area contributed by atoms with Crippen LogP contribution in [0.4, 0.5) is 14.9 Å². The van der Waals surface area contributed by atoms with Crippen LogP contribution in [-0.4, -0.2) is 25.3 Å². The molecule has 1 aliphatic rings. The normalized spacial score (nSPS) is 14.5. The number of hydrogen-bond acceptors (Lipinski definition) is 2. The van der Waals surface area contributed by atoms with E-state index in [0.29, 0.717) is 6.54 Å². The number of halogens is 1. The van der Waals surface area contributed by atoms with E-state index in [1.54, 1.807) is 12.1 Å². The van der Waals surface area contributed by atoms with Crippen molar-refractivity contribution in [2.24, 2.45) is 0 Å². The molecule has 7 heteroatoms. The fourth-order valence-electron chi connectivity index (χ4n) is 5.16. The molecule has 3 aromatic carbocycles. The number of aromatic nitrogens is 3. The molecule has 6 nitrogen and oxygen atoms in total. The number of hydrogen-bond donors (Lipinski definition) is 1. The number of carbonyl (C=O) groups is 1. The molecule has 5 aromatic rings. The molecule has 0 bridgehead atoms. The molecule has 6 rings (SSSR count). The van der Waals surface area contributed by atoms with Gasteiger partial charge in [-0.2, -0.15) is 5.10 Å². The molecule has 0 saturated carbocycles. The van der Waals surface area contributed by atoms with Gasteiger partial charge in [-0.15, -0.1) is 0 Å². The van der Waals surface area contributed by atoms with Crippen molar-refractivity contribution in [1.82, 2.24) is 19.2 Å². The minimum absolute atomic E-state index is 0.241. The second kappa shape index (κ2) is 9.34. The summed E-state index contributed by atoms with van der Waals surface area (Å²) < 4.78 is 18.0. The van der Waals surface area contributed by atoms with Crippen LogP contribution in [-0.2, 0) is 6.54 Å². The number of anilines is 1. The molecule has 190 valence electrons. The molecule has 0 unspecified atom stereocenters. The first-order chi connectivity index (χ1) is 18.4. The first-order valence-corrected chi connectivity index (χ1v) is 12.6. The second-order valence-corrected chi connectivity index (χ2v) is 9.75. The lowest BCUT2D eigenvalue weighted by Crippen LogP contribution is -2.38. The van der Waals surface area contributed by atoms with Gasteiger partial charge >= 0.3 is 6.03 Å². The third-order valence-electron chi connectivity index (χ3n) is 7.29. The molecule has 0 fully saturated rings. The number of benzene rings is 3. The first kappa shape index (κ1) is 23.7. The molecule has 2 amide bonds. The minimum Gasteiger partial charge on any atom is -0.308 e. The number of fused-ring (bicyclic) bond motifs is 3. The van der Waals surface area contributed by atoms with Crippen LogP contribution in [0.25, 0.3) is 11.5 Å². The highest BCUT2D eigenvalue weighted by atomic mass is 19.1. The number of urea groups is 1. The molecule has 0 saturated heterocycles. The van der Waals surface area contributed by atoms with Crippen LogP contribution in [0.2, 0.25) is 0 Å². The van der Waals surface area contributed by atoms with Crippen LogP contribution < -0.4 is 5.32 Å². The van der Waals surface area contributed by atoms with Crippen molar-refractivity contribution in [1.29, 1.82) is 0 Å². The number of rotatable bonds is 3. The average Bonchev–Trinajstić information content (AvgIpc) is 3.48. The van der Waals surface area contributed by atoms with Gasteiger partial charge in [0.05, 0.1) is 29.7 Å². The molecule has 1 aliphatic heterocycles. The molecular weight excluding hydrogens is 477 g/mol. The Morgan fingerprint density at radius 3 is 2.42 bits per heavy atom. The van der Waals surface area contributed by atoms with Gasteiger partial charge in [-0.1, -0.05) is 36.4 Å². The fraction of sp³-hybridized carbons (Fsp3) is 0.161. The largest absolute Gasteiger partial charge is 0.322 e. The predicted molar refractivity (Wildman–Crippen MR) is 146 cm³/mol. The monoisotopic (exact) mass is 505 g/mol. The quantitative estimate of drug-likeness (QED) is 0.291. The molecule has 38 heavy (non-hydrogen) atoms. The van der Waals surface area contributed by atoms with Crippen LogP contribution in [0.3, 0.4) is 0 Å². The van der Waals surface area contributed by atoms with Crippen molar-refractivity contribution in [3.63, 3.8) is 0 Å². The lowest BCUT2D eigenvalue weighted by molar-refractivity contribution is 0.194. The average molecular weight is 506 g/mol. The number of para-hydroxylation sites is 1. The van der Waals surface area contributed by atoms with Crippen LogP contribution in [0.5, 0.6) is 0 Å². The maximum absolute atomic E-state index is 14.0. The van der Waals surface area contributed by atoms with E-state index in [0.717, 1.165) is 50.8 Å². The summed E-state index contributed by atoms with van der Waals surface area (Å²) in [5.74, 6) is 0.574. The van der Waals surface area contributed by atoms with Crippen molar-refractivity contribution < 1.29 is 9.18 Å². The van der Waals surface area contributed by atoms with E-state index in [1.807, 2.05) is 97.2 Å². The Hall–Kier alpha value is -4.65. The summed E-state index contributed by atoms with van der Waals surface area (Å²) in [6.07, 6.45) is 2.00. The van der Waals surface area contributed by atoms with Crippen molar-refractivity contribution in [2.75, 3.05) is 5.32 Å². The van der Waals surface area contributed by atoms with E-state index < -0.39 is 6.04 Å². The zero-order valence-electron chi connectivity index (χ0n) is 21.5. The lowest BCUT2D eigenvalue weighted by Gasteiger charge is -2.31. The van der Waals surface area contributed by atoms with Crippen molar-refractivity contribution >= 4 is 11.7 Å². The summed E-state index contributed by atoms with van der Waals surface area (Å²) in [7, 11) is 0. The zero-order valence-corrected chi connectivity index (χ0v) is 21.5. The van der Waals surface area contributed by atoms with E-state index in [4.69, 9.17) is 5.10 Å². The maximum Gasteiger partial charge on any atom is 0.322 e. The van der Waals surface area contributed by atoms with Crippen molar-refractivity contribution in [3.8, 4) is 11.5 Å². The van der Waals surface area contributed by atoms with Gasteiger partial charge in [0.1, 0.15) is 11.6 Å². The number of carbonyl (C=O) groups excluding carboxylic acids is 1. The first-order valence-electron chi connectivity index (χ1n) is 12.6. The standard InChI is InChI=1S/C31H28FN5O/c1-20-11-16-25(18-21(20)2)33-31(38)36-19-27-22(3)34-37(26-8-5-4-6-9-26)30(27)35-17-7-10-28(35)29(36)23-12-14-24(32)15-13-23/h4-18,29H,19H2,1-3H3,(H,33,38)/t29-/m0/s1. The second-order valence-electron chi connectivity index (χ2n) is 9.75. The van der Waals surface area contributed by atoms with Crippen molar-refractivity contribution in [2.45, 2.75) is 33.4 Å². The zero-order chi connectivity index (χ0) is 26.4. The van der Waals surface area contributed by atoms with E-state index in [9.17, 15) is 9.18 Å². The Kier molecular flexibility index (Phi) is 5.83. The Balaban J connectivity index is 1.52. The lowest BCUT2D eigenvalue weighted by atomic mass is 10.0. The van der Waals surface area contributed by atoms with Gasteiger partial charge in [-0.25, -0.2) is 13.9 Å². The third kappa shape index (κ3) is 4.06. The Labute approximate surface area is 221 Å². The summed E-state index contributed by atoms with van der Waals surface area (Å²) in [5, 5.41) is 7.99. The summed E-state index contributed by atoms with van der Waals surface area (Å²) in [5.41, 5.74) is 7.43. The van der Waals surface area contributed by atoms with Crippen LogP contribution in [0.15, 0.2) is 91.1 Å². The van der Waals surface area contributed by atoms with E-state index in [2.05, 4.69) is 9.88 Å². The van der Waals surface area contributed by atoms with Crippen LogP contribution in [0.1, 0.15) is 39.7 Å². The topological polar surface area (TPSA) is 55.1 Å².